The van der Waals surface area contributed by atoms with E-state index < -0.39 is 0 Å². The van der Waals surface area contributed by atoms with Crippen LogP contribution in [0.15, 0.2) is 12.3 Å². The van der Waals surface area contributed by atoms with E-state index in [-0.39, 0.29) is 17.9 Å². The Kier molecular flexibility index (Phi) is 5.26. The van der Waals surface area contributed by atoms with Crippen LogP contribution >= 0.6 is 0 Å². The highest BCUT2D eigenvalue weighted by molar-refractivity contribution is 5.92. The normalized spacial score (nSPS) is 25.5. The Hall–Kier alpha value is -1.49. The van der Waals surface area contributed by atoms with E-state index in [1.54, 1.807) is 24.2 Å². The SMILES string of the molecule is CN(CC1CCCCC1O)C(=O)c1ccnc(C2CCCC2)n1. The molecule has 2 aliphatic carbocycles. The summed E-state index contributed by atoms with van der Waals surface area (Å²) in [5, 5.41) is 10.1. The van der Waals surface area contributed by atoms with Crippen molar-refractivity contribution in [2.45, 2.75) is 63.4 Å². The topological polar surface area (TPSA) is 66.3 Å². The summed E-state index contributed by atoms with van der Waals surface area (Å²) in [4.78, 5) is 23.2. The van der Waals surface area contributed by atoms with Crippen molar-refractivity contribution in [3.63, 3.8) is 0 Å². The molecule has 2 fully saturated rings. The Morgan fingerprint density at radius 3 is 2.65 bits per heavy atom. The van der Waals surface area contributed by atoms with Crippen molar-refractivity contribution in [2.75, 3.05) is 13.6 Å². The highest BCUT2D eigenvalue weighted by atomic mass is 16.3. The molecule has 5 nitrogen and oxygen atoms in total. The molecule has 2 atom stereocenters. The standard InChI is InChI=1S/C18H27N3O2/c1-21(12-14-8-4-5-9-16(14)22)18(23)15-10-11-19-17(20-15)13-6-2-3-7-13/h10-11,13-14,16,22H,2-9,12H2,1H3. The van der Waals surface area contributed by atoms with Gasteiger partial charge in [-0.2, -0.15) is 0 Å². The number of carbonyl (C=O) groups is 1. The van der Waals surface area contributed by atoms with Gasteiger partial charge in [-0.05, 0) is 31.7 Å². The van der Waals surface area contributed by atoms with Crippen molar-refractivity contribution >= 4 is 5.91 Å². The third-order valence-corrected chi connectivity index (χ3v) is 5.34. The molecule has 0 aliphatic heterocycles. The van der Waals surface area contributed by atoms with Crippen LogP contribution in [-0.4, -0.2) is 45.6 Å². The van der Waals surface area contributed by atoms with E-state index in [0.717, 1.165) is 44.3 Å². The molecule has 2 unspecified atom stereocenters. The van der Waals surface area contributed by atoms with Gasteiger partial charge < -0.3 is 10.0 Å². The summed E-state index contributed by atoms with van der Waals surface area (Å²) >= 11 is 0. The second-order valence-electron chi connectivity index (χ2n) is 7.08. The summed E-state index contributed by atoms with van der Waals surface area (Å²) in [7, 11) is 1.81. The fourth-order valence-electron chi connectivity index (χ4n) is 3.90. The molecule has 0 saturated heterocycles. The predicted molar refractivity (Wildman–Crippen MR) is 88.2 cm³/mol. The van der Waals surface area contributed by atoms with Crippen molar-refractivity contribution in [1.82, 2.24) is 14.9 Å². The van der Waals surface area contributed by atoms with Crippen LogP contribution in [0.25, 0.3) is 0 Å². The van der Waals surface area contributed by atoms with Gasteiger partial charge in [0.25, 0.3) is 5.91 Å². The van der Waals surface area contributed by atoms with E-state index in [0.29, 0.717) is 18.2 Å². The number of amides is 1. The van der Waals surface area contributed by atoms with Crippen molar-refractivity contribution in [2.24, 2.45) is 5.92 Å². The zero-order chi connectivity index (χ0) is 16.2. The van der Waals surface area contributed by atoms with Crippen molar-refractivity contribution < 1.29 is 9.90 Å². The quantitative estimate of drug-likeness (QED) is 0.927. The largest absolute Gasteiger partial charge is 0.393 e. The lowest BCUT2D eigenvalue weighted by atomic mass is 9.86. The first-order valence-corrected chi connectivity index (χ1v) is 8.91. The van der Waals surface area contributed by atoms with Gasteiger partial charge >= 0.3 is 0 Å². The molecule has 2 aliphatic rings. The molecule has 2 saturated carbocycles. The molecule has 0 radical (unpaired) electrons. The van der Waals surface area contributed by atoms with Gasteiger partial charge in [-0.3, -0.25) is 4.79 Å². The Bertz CT molecular complexity index is 543. The van der Waals surface area contributed by atoms with Crippen LogP contribution < -0.4 is 0 Å². The van der Waals surface area contributed by atoms with Crippen LogP contribution in [0.4, 0.5) is 0 Å². The molecule has 126 valence electrons. The maximum absolute atomic E-state index is 12.6. The monoisotopic (exact) mass is 317 g/mol. The molecule has 1 aromatic rings. The minimum absolute atomic E-state index is 0.0654. The minimum Gasteiger partial charge on any atom is -0.393 e. The molecule has 5 heteroatoms. The fraction of sp³-hybridized carbons (Fsp3) is 0.722. The summed E-state index contributed by atoms with van der Waals surface area (Å²) in [6.45, 7) is 0.600. The minimum atomic E-state index is -0.279. The highest BCUT2D eigenvalue weighted by Crippen LogP contribution is 2.32. The molecule has 1 N–H and O–H groups in total. The lowest BCUT2D eigenvalue weighted by Gasteiger charge is -2.31. The maximum atomic E-state index is 12.6. The predicted octanol–water partition coefficient (Wildman–Crippen LogP) is 2.76. The molecule has 1 amide bonds. The van der Waals surface area contributed by atoms with Crippen LogP contribution in [0.1, 0.15) is 73.6 Å². The zero-order valence-corrected chi connectivity index (χ0v) is 13.9. The van der Waals surface area contributed by atoms with E-state index in [1.165, 1.54) is 12.8 Å². The highest BCUT2D eigenvalue weighted by Gasteiger charge is 2.27. The average molecular weight is 317 g/mol. The van der Waals surface area contributed by atoms with Gasteiger partial charge in [-0.15, -0.1) is 0 Å². The summed E-state index contributed by atoms with van der Waals surface area (Å²) in [6.07, 6.45) is 10.2. The fourth-order valence-corrected chi connectivity index (χ4v) is 3.90. The van der Waals surface area contributed by atoms with Crippen molar-refractivity contribution in [3.05, 3.63) is 23.8 Å². The third kappa shape index (κ3) is 3.89. The molecule has 0 aromatic carbocycles. The number of nitrogens with zero attached hydrogens (tertiary/aromatic N) is 3. The van der Waals surface area contributed by atoms with Gasteiger partial charge in [0.1, 0.15) is 11.5 Å². The summed E-state index contributed by atoms with van der Waals surface area (Å²) in [5.41, 5.74) is 0.481. The van der Waals surface area contributed by atoms with Gasteiger partial charge in [0.2, 0.25) is 0 Å². The van der Waals surface area contributed by atoms with Crippen LogP contribution in [0.2, 0.25) is 0 Å². The van der Waals surface area contributed by atoms with Crippen molar-refractivity contribution in [1.29, 1.82) is 0 Å². The molecule has 3 rings (SSSR count). The lowest BCUT2D eigenvalue weighted by molar-refractivity contribution is 0.0448. The zero-order valence-electron chi connectivity index (χ0n) is 13.9. The molecule has 23 heavy (non-hydrogen) atoms. The smallest absolute Gasteiger partial charge is 0.272 e. The molecular weight excluding hydrogens is 290 g/mol. The van der Waals surface area contributed by atoms with Crippen molar-refractivity contribution in [3.8, 4) is 0 Å². The second kappa shape index (κ2) is 7.39. The van der Waals surface area contributed by atoms with Crippen LogP contribution in [0.3, 0.4) is 0 Å². The first-order valence-electron chi connectivity index (χ1n) is 8.91. The molecule has 1 heterocycles. The summed E-state index contributed by atoms with van der Waals surface area (Å²) < 4.78 is 0. The van der Waals surface area contributed by atoms with E-state index in [1.807, 2.05) is 0 Å². The molecule has 0 bridgehead atoms. The Balaban J connectivity index is 1.65. The average Bonchev–Trinajstić information content (AvgIpc) is 3.11. The first-order chi connectivity index (χ1) is 11.1. The third-order valence-electron chi connectivity index (χ3n) is 5.34. The van der Waals surface area contributed by atoms with E-state index in [9.17, 15) is 9.90 Å². The maximum Gasteiger partial charge on any atom is 0.272 e. The van der Waals surface area contributed by atoms with Gasteiger partial charge in [-0.25, -0.2) is 9.97 Å². The number of aliphatic hydroxyl groups is 1. The van der Waals surface area contributed by atoms with Gasteiger partial charge in [0, 0.05) is 31.6 Å². The Labute approximate surface area is 138 Å². The lowest BCUT2D eigenvalue weighted by Crippen LogP contribution is -2.38. The number of carbonyl (C=O) groups excluding carboxylic acids is 1. The molecular formula is C18H27N3O2. The van der Waals surface area contributed by atoms with E-state index >= 15 is 0 Å². The Morgan fingerprint density at radius 1 is 1.22 bits per heavy atom. The summed E-state index contributed by atoms with van der Waals surface area (Å²) in [6, 6.07) is 1.70. The van der Waals surface area contributed by atoms with Gasteiger partial charge in [0.05, 0.1) is 6.10 Å². The van der Waals surface area contributed by atoms with Gasteiger partial charge in [-0.1, -0.05) is 25.7 Å². The molecule has 0 spiro atoms. The van der Waals surface area contributed by atoms with Crippen LogP contribution in [-0.2, 0) is 0 Å². The van der Waals surface area contributed by atoms with Gasteiger partial charge in [0.15, 0.2) is 0 Å². The van der Waals surface area contributed by atoms with E-state index in [2.05, 4.69) is 9.97 Å². The number of hydrogen-bond acceptors (Lipinski definition) is 4. The number of aliphatic hydroxyl groups excluding tert-OH is 1. The van der Waals surface area contributed by atoms with Crippen LogP contribution in [0, 0.1) is 5.92 Å². The number of hydrogen-bond donors (Lipinski definition) is 1. The number of aromatic nitrogens is 2. The Morgan fingerprint density at radius 2 is 1.91 bits per heavy atom. The molecule has 1 aromatic heterocycles. The summed E-state index contributed by atoms with van der Waals surface area (Å²) in [5.74, 6) is 1.35. The van der Waals surface area contributed by atoms with E-state index in [4.69, 9.17) is 0 Å². The second-order valence-corrected chi connectivity index (χ2v) is 7.08. The number of rotatable bonds is 4. The first kappa shape index (κ1) is 16.4. The van der Waals surface area contributed by atoms with Crippen LogP contribution in [0.5, 0.6) is 0 Å².